The normalized spacial score (nSPS) is 17.0. The molecule has 6 nitrogen and oxygen atoms in total. The van der Waals surface area contributed by atoms with E-state index in [4.69, 9.17) is 4.74 Å². The molecule has 0 bridgehead atoms. The van der Waals surface area contributed by atoms with E-state index >= 15 is 0 Å². The molecule has 0 saturated carbocycles. The highest BCUT2D eigenvalue weighted by Crippen LogP contribution is 2.21. The minimum Gasteiger partial charge on any atom is -0.472 e. The first-order valence-electron chi connectivity index (χ1n) is 7.74. The summed E-state index contributed by atoms with van der Waals surface area (Å²) < 4.78 is 19.6. The maximum absolute atomic E-state index is 13.8. The van der Waals surface area contributed by atoms with Crippen LogP contribution in [0.25, 0.3) is 0 Å². The topological polar surface area (TPSA) is 58.6 Å². The van der Waals surface area contributed by atoms with Crippen LogP contribution in [0.3, 0.4) is 0 Å². The van der Waals surface area contributed by atoms with Gasteiger partial charge in [-0.15, -0.1) is 0 Å². The zero-order chi connectivity index (χ0) is 17.1. The minimum absolute atomic E-state index is 0.0927. The van der Waals surface area contributed by atoms with Crippen LogP contribution >= 0.6 is 0 Å². The molecule has 0 aliphatic carbocycles. The first kappa shape index (κ1) is 16.2. The van der Waals surface area contributed by atoms with Crippen molar-refractivity contribution in [1.29, 1.82) is 0 Å². The number of hydrogen-bond donors (Lipinski definition) is 0. The van der Waals surface area contributed by atoms with Crippen LogP contribution < -0.4 is 9.64 Å². The summed E-state index contributed by atoms with van der Waals surface area (Å²) in [6.45, 7) is 0.942. The molecule has 1 atom stereocenters. The second-order valence-corrected chi connectivity index (χ2v) is 5.87. The number of ether oxygens (including phenoxy) is 1. The molecule has 126 valence electrons. The Kier molecular flexibility index (Phi) is 4.59. The van der Waals surface area contributed by atoms with Gasteiger partial charge in [0.1, 0.15) is 24.1 Å². The van der Waals surface area contributed by atoms with E-state index in [9.17, 15) is 9.18 Å². The summed E-state index contributed by atoms with van der Waals surface area (Å²) >= 11 is 0. The van der Waals surface area contributed by atoms with Crippen molar-refractivity contribution in [3.05, 3.63) is 48.0 Å². The van der Waals surface area contributed by atoms with Crippen molar-refractivity contribution in [1.82, 2.24) is 14.9 Å². The number of carbonyl (C=O) groups is 1. The van der Waals surface area contributed by atoms with E-state index in [2.05, 4.69) is 9.97 Å². The lowest BCUT2D eigenvalue weighted by atomic mass is 10.2. The fraction of sp³-hybridized carbons (Fsp3) is 0.353. The number of anilines is 1. The van der Waals surface area contributed by atoms with Crippen LogP contribution in [-0.4, -0.2) is 54.1 Å². The lowest BCUT2D eigenvalue weighted by Gasteiger charge is -2.18. The number of halogens is 1. The summed E-state index contributed by atoms with van der Waals surface area (Å²) in [5, 5.41) is 0. The zero-order valence-electron chi connectivity index (χ0n) is 13.6. The third-order valence-corrected chi connectivity index (χ3v) is 3.91. The van der Waals surface area contributed by atoms with Crippen molar-refractivity contribution in [3.63, 3.8) is 0 Å². The summed E-state index contributed by atoms with van der Waals surface area (Å²) in [4.78, 5) is 24.1. The lowest BCUT2D eigenvalue weighted by molar-refractivity contribution is 0.0766. The molecule has 1 aliphatic heterocycles. The fourth-order valence-corrected chi connectivity index (χ4v) is 2.62. The van der Waals surface area contributed by atoms with Crippen LogP contribution in [0.4, 0.5) is 10.2 Å². The van der Waals surface area contributed by atoms with E-state index in [1.165, 1.54) is 18.5 Å². The molecule has 2 aromatic rings. The van der Waals surface area contributed by atoms with E-state index in [1.54, 1.807) is 23.1 Å². The number of aromatic nitrogens is 2. The summed E-state index contributed by atoms with van der Waals surface area (Å²) in [6, 6.07) is 7.77. The largest absolute Gasteiger partial charge is 0.472 e. The zero-order valence-corrected chi connectivity index (χ0v) is 13.6. The van der Waals surface area contributed by atoms with Gasteiger partial charge in [-0.25, -0.2) is 14.4 Å². The SMILES string of the molecule is CN(C)c1cc(OC2CCN(C(=O)c3ccccc3F)C2)ncn1. The molecule has 0 radical (unpaired) electrons. The van der Waals surface area contributed by atoms with Gasteiger partial charge in [0, 0.05) is 33.1 Å². The maximum atomic E-state index is 13.8. The Balaban J connectivity index is 1.64. The Morgan fingerprint density at radius 3 is 2.88 bits per heavy atom. The Morgan fingerprint density at radius 1 is 1.33 bits per heavy atom. The third kappa shape index (κ3) is 3.45. The molecule has 0 spiro atoms. The maximum Gasteiger partial charge on any atom is 0.256 e. The van der Waals surface area contributed by atoms with E-state index in [-0.39, 0.29) is 17.6 Å². The van der Waals surface area contributed by atoms with E-state index < -0.39 is 5.82 Å². The molecule has 24 heavy (non-hydrogen) atoms. The Labute approximate surface area is 139 Å². The van der Waals surface area contributed by atoms with Gasteiger partial charge in [0.2, 0.25) is 5.88 Å². The van der Waals surface area contributed by atoms with Gasteiger partial charge < -0.3 is 14.5 Å². The van der Waals surface area contributed by atoms with Crippen molar-refractivity contribution in [2.75, 3.05) is 32.1 Å². The van der Waals surface area contributed by atoms with E-state index in [1.807, 2.05) is 19.0 Å². The molecular formula is C17H19FN4O2. The summed E-state index contributed by atoms with van der Waals surface area (Å²) in [5.74, 6) is 0.408. The fourth-order valence-electron chi connectivity index (χ4n) is 2.62. The number of hydrogen-bond acceptors (Lipinski definition) is 5. The molecule has 0 N–H and O–H groups in total. The second kappa shape index (κ2) is 6.82. The summed E-state index contributed by atoms with van der Waals surface area (Å²) in [5.41, 5.74) is 0.0927. The van der Waals surface area contributed by atoms with Crippen LogP contribution in [0.15, 0.2) is 36.7 Å². The second-order valence-electron chi connectivity index (χ2n) is 5.87. The summed E-state index contributed by atoms with van der Waals surface area (Å²) in [7, 11) is 3.77. The lowest BCUT2D eigenvalue weighted by Crippen LogP contribution is -2.31. The molecule has 1 aliphatic rings. The van der Waals surface area contributed by atoms with Crippen molar-refractivity contribution >= 4 is 11.7 Å². The van der Waals surface area contributed by atoms with Crippen LogP contribution in [0, 0.1) is 5.82 Å². The highest BCUT2D eigenvalue weighted by molar-refractivity contribution is 5.94. The van der Waals surface area contributed by atoms with Gasteiger partial charge in [-0.1, -0.05) is 12.1 Å². The Bertz CT molecular complexity index is 738. The molecule has 1 aromatic carbocycles. The van der Waals surface area contributed by atoms with Crippen LogP contribution in [0.5, 0.6) is 5.88 Å². The quantitative estimate of drug-likeness (QED) is 0.858. The first-order valence-corrected chi connectivity index (χ1v) is 7.74. The van der Waals surface area contributed by atoms with Crippen LogP contribution in [0.2, 0.25) is 0 Å². The minimum atomic E-state index is -0.502. The molecule has 1 saturated heterocycles. The van der Waals surface area contributed by atoms with E-state index in [0.29, 0.717) is 25.4 Å². The number of benzene rings is 1. The molecule has 1 amide bonds. The van der Waals surface area contributed by atoms with Gasteiger partial charge in [-0.2, -0.15) is 0 Å². The highest BCUT2D eigenvalue weighted by Gasteiger charge is 2.29. The number of rotatable bonds is 4. The standard InChI is InChI=1S/C17H19FN4O2/c1-21(2)15-9-16(20-11-19-15)24-12-7-8-22(10-12)17(23)13-5-3-4-6-14(13)18/h3-6,9,11-12H,7-8,10H2,1-2H3. The molecule has 7 heteroatoms. The predicted molar refractivity (Wildman–Crippen MR) is 87.7 cm³/mol. The van der Waals surface area contributed by atoms with Gasteiger partial charge in [0.25, 0.3) is 5.91 Å². The Hall–Kier alpha value is -2.70. The van der Waals surface area contributed by atoms with Gasteiger partial charge in [-0.05, 0) is 12.1 Å². The molecule has 1 aromatic heterocycles. The highest BCUT2D eigenvalue weighted by atomic mass is 19.1. The van der Waals surface area contributed by atoms with Crippen LogP contribution in [0.1, 0.15) is 16.8 Å². The van der Waals surface area contributed by atoms with Crippen LogP contribution in [-0.2, 0) is 0 Å². The third-order valence-electron chi connectivity index (χ3n) is 3.91. The average Bonchev–Trinajstić information content (AvgIpc) is 3.03. The van der Waals surface area contributed by atoms with E-state index in [0.717, 1.165) is 5.82 Å². The first-order chi connectivity index (χ1) is 11.5. The number of carbonyl (C=O) groups excluding carboxylic acids is 1. The van der Waals surface area contributed by atoms with Gasteiger partial charge >= 0.3 is 0 Å². The van der Waals surface area contributed by atoms with Gasteiger partial charge in [-0.3, -0.25) is 4.79 Å². The molecule has 2 heterocycles. The monoisotopic (exact) mass is 330 g/mol. The number of nitrogens with zero attached hydrogens (tertiary/aromatic N) is 4. The molecule has 3 rings (SSSR count). The molecule has 1 unspecified atom stereocenters. The molecular weight excluding hydrogens is 311 g/mol. The number of amides is 1. The van der Waals surface area contributed by atoms with Crippen molar-refractivity contribution in [2.24, 2.45) is 0 Å². The predicted octanol–water partition coefficient (Wildman–Crippen LogP) is 1.98. The smallest absolute Gasteiger partial charge is 0.256 e. The molecule has 1 fully saturated rings. The number of likely N-dealkylation sites (tertiary alicyclic amines) is 1. The van der Waals surface area contributed by atoms with Crippen molar-refractivity contribution in [3.8, 4) is 5.88 Å². The van der Waals surface area contributed by atoms with Crippen molar-refractivity contribution < 1.29 is 13.9 Å². The Morgan fingerprint density at radius 2 is 2.12 bits per heavy atom. The van der Waals surface area contributed by atoms with Gasteiger partial charge in [0.05, 0.1) is 12.1 Å². The van der Waals surface area contributed by atoms with Crippen molar-refractivity contribution in [2.45, 2.75) is 12.5 Å². The summed E-state index contributed by atoms with van der Waals surface area (Å²) in [6.07, 6.45) is 1.97. The van der Waals surface area contributed by atoms with Gasteiger partial charge in [0.15, 0.2) is 0 Å². The average molecular weight is 330 g/mol.